The number of ether oxygens (including phenoxy) is 1. The minimum atomic E-state index is 0.0632. The van der Waals surface area contributed by atoms with Crippen molar-refractivity contribution in [1.29, 1.82) is 0 Å². The molecule has 2 saturated heterocycles. The summed E-state index contributed by atoms with van der Waals surface area (Å²) in [5.74, 6) is 1.25. The Morgan fingerprint density at radius 2 is 2.00 bits per heavy atom. The van der Waals surface area contributed by atoms with E-state index in [0.717, 1.165) is 24.0 Å². The van der Waals surface area contributed by atoms with Gasteiger partial charge in [0.1, 0.15) is 5.75 Å². The Bertz CT molecular complexity index is 775. The number of pyridine rings is 1. The Labute approximate surface area is 162 Å². The van der Waals surface area contributed by atoms with Gasteiger partial charge in [0.15, 0.2) is 0 Å². The lowest BCUT2D eigenvalue weighted by Crippen LogP contribution is -2.37. The van der Waals surface area contributed by atoms with E-state index in [0.29, 0.717) is 23.2 Å². The molecule has 6 heteroatoms. The first-order chi connectivity index (χ1) is 12.7. The van der Waals surface area contributed by atoms with Crippen LogP contribution < -0.4 is 4.74 Å². The third kappa shape index (κ3) is 3.91. The van der Waals surface area contributed by atoms with Gasteiger partial charge in [0, 0.05) is 35.9 Å². The molecule has 2 aliphatic heterocycles. The second kappa shape index (κ2) is 7.76. The van der Waals surface area contributed by atoms with Crippen LogP contribution in [-0.2, 0) is 0 Å². The molecule has 1 atom stereocenters. The Morgan fingerprint density at radius 1 is 1.15 bits per heavy atom. The van der Waals surface area contributed by atoms with Gasteiger partial charge in [-0.3, -0.25) is 9.69 Å². The number of likely N-dealkylation sites (tertiary alicyclic amines) is 2. The van der Waals surface area contributed by atoms with Crippen LogP contribution in [0.15, 0.2) is 47.1 Å². The predicted molar refractivity (Wildman–Crippen MR) is 104 cm³/mol. The van der Waals surface area contributed by atoms with Gasteiger partial charge in [-0.05, 0) is 56.6 Å². The molecule has 0 bridgehead atoms. The monoisotopic (exact) mass is 415 g/mol. The third-order valence-corrected chi connectivity index (χ3v) is 5.60. The Morgan fingerprint density at radius 3 is 2.73 bits per heavy atom. The van der Waals surface area contributed by atoms with Gasteiger partial charge in [-0.25, -0.2) is 4.98 Å². The van der Waals surface area contributed by atoms with Crippen molar-refractivity contribution in [3.8, 4) is 11.6 Å². The molecule has 26 heavy (non-hydrogen) atoms. The highest BCUT2D eigenvalue weighted by molar-refractivity contribution is 9.10. The van der Waals surface area contributed by atoms with Crippen LogP contribution in [0.5, 0.6) is 11.6 Å². The number of halogens is 1. The molecule has 0 aliphatic carbocycles. The number of carbonyl (C=O) groups excluding carboxylic acids is 1. The van der Waals surface area contributed by atoms with E-state index in [-0.39, 0.29) is 5.91 Å². The Kier molecular flexibility index (Phi) is 5.22. The molecule has 136 valence electrons. The summed E-state index contributed by atoms with van der Waals surface area (Å²) in [5.41, 5.74) is 0.619. The van der Waals surface area contributed by atoms with Crippen molar-refractivity contribution in [3.63, 3.8) is 0 Å². The maximum absolute atomic E-state index is 12.7. The normalized spacial score (nSPS) is 20.5. The van der Waals surface area contributed by atoms with Gasteiger partial charge in [0.2, 0.25) is 5.88 Å². The zero-order valence-corrected chi connectivity index (χ0v) is 16.2. The number of benzene rings is 1. The molecule has 0 radical (unpaired) electrons. The van der Waals surface area contributed by atoms with E-state index < -0.39 is 0 Å². The van der Waals surface area contributed by atoms with Gasteiger partial charge in [0.05, 0.1) is 5.56 Å². The molecule has 3 heterocycles. The number of rotatable bonds is 4. The first kappa shape index (κ1) is 17.5. The van der Waals surface area contributed by atoms with Gasteiger partial charge in [-0.1, -0.05) is 22.0 Å². The SMILES string of the molecule is O=C(c1ccc(Oc2cccc(Br)c2)nc1)N1CCC(N2CCCC2)C1. The topological polar surface area (TPSA) is 45.7 Å². The smallest absolute Gasteiger partial charge is 0.255 e. The summed E-state index contributed by atoms with van der Waals surface area (Å²) in [7, 11) is 0. The molecule has 0 saturated carbocycles. The Balaban J connectivity index is 1.38. The molecule has 1 amide bonds. The number of nitrogens with zero attached hydrogens (tertiary/aromatic N) is 3. The van der Waals surface area contributed by atoms with Crippen molar-refractivity contribution in [3.05, 3.63) is 52.6 Å². The molecule has 4 rings (SSSR count). The third-order valence-electron chi connectivity index (χ3n) is 5.11. The highest BCUT2D eigenvalue weighted by Crippen LogP contribution is 2.24. The van der Waals surface area contributed by atoms with Gasteiger partial charge in [0.25, 0.3) is 5.91 Å². The standard InChI is InChI=1S/C20H22BrN3O2/c21-16-4-3-5-18(12-16)26-19-7-6-15(13-22-19)20(25)24-11-8-17(14-24)23-9-1-2-10-23/h3-7,12-13,17H,1-2,8-11,14H2. The van der Waals surface area contributed by atoms with Crippen LogP contribution in [0.25, 0.3) is 0 Å². The average molecular weight is 416 g/mol. The minimum absolute atomic E-state index is 0.0632. The summed E-state index contributed by atoms with van der Waals surface area (Å²) >= 11 is 3.42. The molecular weight excluding hydrogens is 394 g/mol. The molecule has 2 aromatic rings. The van der Waals surface area contributed by atoms with Crippen molar-refractivity contribution in [2.24, 2.45) is 0 Å². The lowest BCUT2D eigenvalue weighted by molar-refractivity contribution is 0.0779. The maximum Gasteiger partial charge on any atom is 0.255 e. The fourth-order valence-corrected chi connectivity index (χ4v) is 4.11. The minimum Gasteiger partial charge on any atom is -0.439 e. The molecule has 2 aliphatic rings. The molecule has 1 unspecified atom stereocenters. The molecule has 1 aromatic carbocycles. The highest BCUT2D eigenvalue weighted by atomic mass is 79.9. The molecule has 0 N–H and O–H groups in total. The molecule has 5 nitrogen and oxygen atoms in total. The van der Waals surface area contributed by atoms with Crippen LogP contribution >= 0.6 is 15.9 Å². The van der Waals surface area contributed by atoms with Crippen molar-refractivity contribution < 1.29 is 9.53 Å². The van der Waals surface area contributed by atoms with Gasteiger partial charge < -0.3 is 9.64 Å². The van der Waals surface area contributed by atoms with Crippen LogP contribution in [0.1, 0.15) is 29.6 Å². The summed E-state index contributed by atoms with van der Waals surface area (Å²) in [6, 6.07) is 11.7. The van der Waals surface area contributed by atoms with E-state index >= 15 is 0 Å². The van der Waals surface area contributed by atoms with Crippen molar-refractivity contribution in [2.75, 3.05) is 26.2 Å². The van der Waals surface area contributed by atoms with Crippen LogP contribution in [0, 0.1) is 0 Å². The van der Waals surface area contributed by atoms with Crippen LogP contribution in [0.3, 0.4) is 0 Å². The highest BCUT2D eigenvalue weighted by Gasteiger charge is 2.31. The van der Waals surface area contributed by atoms with E-state index in [2.05, 4.69) is 25.8 Å². The number of carbonyl (C=O) groups is 1. The maximum atomic E-state index is 12.7. The Hall–Kier alpha value is -1.92. The fraction of sp³-hybridized carbons (Fsp3) is 0.400. The van der Waals surface area contributed by atoms with Gasteiger partial charge >= 0.3 is 0 Å². The van der Waals surface area contributed by atoms with Gasteiger partial charge in [-0.15, -0.1) is 0 Å². The summed E-state index contributed by atoms with van der Waals surface area (Å²) in [6.07, 6.45) is 5.25. The molecular formula is C20H22BrN3O2. The molecule has 1 aromatic heterocycles. The summed E-state index contributed by atoms with van der Waals surface area (Å²) in [6.45, 7) is 4.01. The largest absolute Gasteiger partial charge is 0.439 e. The van der Waals surface area contributed by atoms with Gasteiger partial charge in [-0.2, -0.15) is 0 Å². The second-order valence-electron chi connectivity index (χ2n) is 6.88. The zero-order valence-electron chi connectivity index (χ0n) is 14.6. The quantitative estimate of drug-likeness (QED) is 0.758. The van der Waals surface area contributed by atoms with E-state index in [9.17, 15) is 4.79 Å². The number of hydrogen-bond acceptors (Lipinski definition) is 4. The van der Waals surface area contributed by atoms with E-state index in [1.165, 1.54) is 25.9 Å². The van der Waals surface area contributed by atoms with Crippen molar-refractivity contribution >= 4 is 21.8 Å². The summed E-state index contributed by atoms with van der Waals surface area (Å²) in [4.78, 5) is 21.5. The summed E-state index contributed by atoms with van der Waals surface area (Å²) in [5, 5.41) is 0. The average Bonchev–Trinajstić information content (AvgIpc) is 3.33. The van der Waals surface area contributed by atoms with E-state index in [1.807, 2.05) is 29.2 Å². The molecule has 0 spiro atoms. The lowest BCUT2D eigenvalue weighted by atomic mass is 10.2. The first-order valence-corrected chi connectivity index (χ1v) is 9.91. The second-order valence-corrected chi connectivity index (χ2v) is 7.80. The molecule has 2 fully saturated rings. The van der Waals surface area contributed by atoms with Crippen molar-refractivity contribution in [1.82, 2.24) is 14.8 Å². The van der Waals surface area contributed by atoms with Crippen LogP contribution in [-0.4, -0.2) is 52.9 Å². The van der Waals surface area contributed by atoms with Crippen LogP contribution in [0.4, 0.5) is 0 Å². The lowest BCUT2D eigenvalue weighted by Gasteiger charge is -2.23. The van der Waals surface area contributed by atoms with E-state index in [4.69, 9.17) is 4.74 Å². The van der Waals surface area contributed by atoms with Crippen LogP contribution in [0.2, 0.25) is 0 Å². The van der Waals surface area contributed by atoms with Crippen molar-refractivity contribution in [2.45, 2.75) is 25.3 Å². The van der Waals surface area contributed by atoms with E-state index in [1.54, 1.807) is 18.3 Å². The predicted octanol–water partition coefficient (Wildman–Crippen LogP) is 3.95. The number of aromatic nitrogens is 1. The zero-order chi connectivity index (χ0) is 17.9. The fourth-order valence-electron chi connectivity index (χ4n) is 3.73. The number of hydrogen-bond donors (Lipinski definition) is 0. The summed E-state index contributed by atoms with van der Waals surface area (Å²) < 4.78 is 6.68. The number of amides is 1. The first-order valence-electron chi connectivity index (χ1n) is 9.12.